The fourth-order valence-corrected chi connectivity index (χ4v) is 3.68. The summed E-state index contributed by atoms with van der Waals surface area (Å²) in [6, 6.07) is 5.18. The van der Waals surface area contributed by atoms with Gasteiger partial charge in [-0.3, -0.25) is 4.79 Å². The van der Waals surface area contributed by atoms with Crippen molar-refractivity contribution in [3.8, 4) is 0 Å². The first-order chi connectivity index (χ1) is 9.05. The smallest absolute Gasteiger partial charge is 0.548 e. The predicted octanol–water partition coefficient (Wildman–Crippen LogP) is -2.26. The number of halogens is 3. The Morgan fingerprint density at radius 3 is 2.29 bits per heavy atom. The Morgan fingerprint density at radius 2 is 1.81 bits per heavy atom. The summed E-state index contributed by atoms with van der Waals surface area (Å²) in [7, 11) is -3.82. The molecule has 6 nitrogen and oxygen atoms in total. The number of alkyl halides is 3. The van der Waals surface area contributed by atoms with Gasteiger partial charge in [0.15, 0.2) is 0 Å². The summed E-state index contributed by atoms with van der Waals surface area (Å²) < 4.78 is 22.7. The van der Waals surface area contributed by atoms with E-state index in [1.165, 1.54) is 18.2 Å². The summed E-state index contributed by atoms with van der Waals surface area (Å²) in [4.78, 5) is 21.8. The zero-order valence-electron chi connectivity index (χ0n) is 10.6. The molecular weight excluding hydrogens is 509 g/mol. The number of hydrogen-bond acceptors (Lipinski definition) is 5. The van der Waals surface area contributed by atoms with Crippen LogP contribution in [0.4, 0.5) is 0 Å². The minimum absolute atomic E-state index is 0. The number of hydrogen-bond donors (Lipinski definition) is 1. The van der Waals surface area contributed by atoms with Crippen LogP contribution in [0.15, 0.2) is 29.2 Å². The van der Waals surface area contributed by atoms with Crippen LogP contribution in [-0.2, 0) is 14.6 Å². The first kappa shape index (κ1) is 21.6. The number of carboxylic acid groups (broad SMARTS) is 1. The maximum Gasteiger partial charge on any atom is 1.00 e. The standard InChI is InChI=1S/C10H8Br3NO5S.Na/c11-10(12,13)20(18,19)7-3-1-2-6(4-7)9(17)14-5-8(15)16;/h1-4H,5H2,(H,14,17)(H,15,16);/q;+1/p-1. The zero-order valence-corrected chi connectivity index (χ0v) is 18.2. The van der Waals surface area contributed by atoms with Crippen LogP contribution in [0.1, 0.15) is 10.4 Å². The van der Waals surface area contributed by atoms with Gasteiger partial charge in [0.2, 0.25) is 11.3 Å². The maximum absolute atomic E-state index is 12.1. The number of benzene rings is 1. The van der Waals surface area contributed by atoms with Crippen molar-refractivity contribution in [3.05, 3.63) is 29.8 Å². The van der Waals surface area contributed by atoms with E-state index in [1.54, 1.807) is 0 Å². The molecule has 1 aromatic rings. The molecular formula is C10H7Br3NNaO5S. The van der Waals surface area contributed by atoms with Crippen LogP contribution in [0.2, 0.25) is 0 Å². The molecule has 0 fully saturated rings. The molecule has 1 amide bonds. The van der Waals surface area contributed by atoms with E-state index < -0.39 is 29.7 Å². The molecule has 21 heavy (non-hydrogen) atoms. The van der Waals surface area contributed by atoms with Crippen LogP contribution in [0, 0.1) is 0 Å². The van der Waals surface area contributed by atoms with Crippen molar-refractivity contribution in [3.63, 3.8) is 0 Å². The van der Waals surface area contributed by atoms with Gasteiger partial charge in [-0.1, -0.05) is 6.07 Å². The molecule has 0 radical (unpaired) electrons. The third-order valence-corrected chi connectivity index (χ3v) is 7.42. The van der Waals surface area contributed by atoms with Crippen molar-refractivity contribution < 1.29 is 52.7 Å². The predicted molar refractivity (Wildman–Crippen MR) is 80.5 cm³/mol. The summed E-state index contributed by atoms with van der Waals surface area (Å²) in [5.41, 5.74) is 0.0177. The fourth-order valence-electron chi connectivity index (χ4n) is 1.19. The molecule has 0 atom stereocenters. The van der Waals surface area contributed by atoms with Gasteiger partial charge in [0.05, 0.1) is 17.4 Å². The molecule has 110 valence electrons. The molecule has 0 unspecified atom stereocenters. The van der Waals surface area contributed by atoms with E-state index in [1.807, 2.05) is 0 Å². The van der Waals surface area contributed by atoms with Crippen molar-refractivity contribution in [1.82, 2.24) is 5.32 Å². The van der Waals surface area contributed by atoms with Crippen molar-refractivity contribution in [2.45, 2.75) is 6.37 Å². The minimum Gasteiger partial charge on any atom is -0.548 e. The molecule has 1 N–H and O–H groups in total. The topological polar surface area (TPSA) is 103 Å². The Kier molecular flexibility index (Phi) is 8.64. The van der Waals surface area contributed by atoms with E-state index in [9.17, 15) is 23.1 Å². The molecule has 11 heteroatoms. The monoisotopic (exact) mass is 513 g/mol. The van der Waals surface area contributed by atoms with Gasteiger partial charge in [-0.15, -0.1) is 0 Å². The van der Waals surface area contributed by atoms with Crippen LogP contribution in [0.25, 0.3) is 0 Å². The summed E-state index contributed by atoms with van der Waals surface area (Å²) in [6.45, 7) is -0.658. The van der Waals surface area contributed by atoms with Gasteiger partial charge in [-0.25, -0.2) is 8.42 Å². The third-order valence-electron chi connectivity index (χ3n) is 2.10. The zero-order chi connectivity index (χ0) is 15.6. The van der Waals surface area contributed by atoms with Crippen LogP contribution in [0.3, 0.4) is 0 Å². The maximum atomic E-state index is 12.1. The largest absolute Gasteiger partial charge is 1.00 e. The molecule has 0 aliphatic rings. The summed E-state index contributed by atoms with van der Waals surface area (Å²) >= 11 is 8.72. The normalized spacial score (nSPS) is 11.4. The minimum atomic E-state index is -3.82. The Morgan fingerprint density at radius 1 is 1.24 bits per heavy atom. The van der Waals surface area contributed by atoms with Gasteiger partial charge < -0.3 is 15.2 Å². The summed E-state index contributed by atoms with van der Waals surface area (Å²) in [6.07, 6.45) is 0. The van der Waals surface area contributed by atoms with Gasteiger partial charge in [0, 0.05) is 5.56 Å². The van der Waals surface area contributed by atoms with E-state index in [2.05, 4.69) is 53.1 Å². The second-order valence-corrected chi connectivity index (χ2v) is 14.0. The Hall–Kier alpha value is 0.550. The SMILES string of the molecule is O=C([O-])CNC(=O)c1cccc(S(=O)(=O)C(Br)(Br)Br)c1.[Na+]. The van der Waals surface area contributed by atoms with E-state index in [0.717, 1.165) is 6.07 Å². The Labute approximate surface area is 168 Å². The average molecular weight is 516 g/mol. The number of aliphatic carboxylic acids is 1. The number of carboxylic acids is 1. The third kappa shape index (κ3) is 5.92. The average Bonchev–Trinajstić information content (AvgIpc) is 2.34. The van der Waals surface area contributed by atoms with Crippen LogP contribution in [0.5, 0.6) is 0 Å². The van der Waals surface area contributed by atoms with Crippen molar-refractivity contribution in [1.29, 1.82) is 0 Å². The van der Waals surface area contributed by atoms with E-state index in [4.69, 9.17) is 0 Å². The molecule has 0 spiro atoms. The van der Waals surface area contributed by atoms with Crippen molar-refractivity contribution in [2.75, 3.05) is 6.54 Å². The molecule has 0 saturated carbocycles. The van der Waals surface area contributed by atoms with E-state index >= 15 is 0 Å². The quantitative estimate of drug-likeness (QED) is 0.360. The van der Waals surface area contributed by atoms with Crippen molar-refractivity contribution >= 4 is 69.5 Å². The van der Waals surface area contributed by atoms with Crippen LogP contribution >= 0.6 is 47.8 Å². The Bertz CT molecular complexity index is 644. The van der Waals surface area contributed by atoms with Crippen molar-refractivity contribution in [2.24, 2.45) is 0 Å². The summed E-state index contributed by atoms with van der Waals surface area (Å²) in [5.74, 6) is -2.15. The Balaban J connectivity index is 0.00000400. The van der Waals surface area contributed by atoms with Gasteiger partial charge in [0.25, 0.3) is 5.91 Å². The number of nitrogens with one attached hydrogen (secondary N) is 1. The fraction of sp³-hybridized carbons (Fsp3) is 0.200. The number of sulfone groups is 1. The number of rotatable bonds is 4. The second kappa shape index (κ2) is 8.42. The molecule has 0 saturated heterocycles. The van der Waals surface area contributed by atoms with Gasteiger partial charge >= 0.3 is 29.6 Å². The molecule has 1 aromatic carbocycles. The van der Waals surface area contributed by atoms with Gasteiger partial charge in [-0.05, 0) is 66.0 Å². The van der Waals surface area contributed by atoms with E-state index in [0.29, 0.717) is 0 Å². The molecule has 1 rings (SSSR count). The number of carbonyl (C=O) groups is 2. The molecule has 0 heterocycles. The van der Waals surface area contributed by atoms with Gasteiger partial charge in [0.1, 0.15) is 0 Å². The molecule has 0 aromatic heterocycles. The van der Waals surface area contributed by atoms with E-state index in [-0.39, 0.29) is 40.0 Å². The summed E-state index contributed by atoms with van der Waals surface area (Å²) in [5, 5.41) is 12.3. The van der Waals surface area contributed by atoms with Crippen LogP contribution in [-0.4, -0.2) is 28.3 Å². The second-order valence-electron chi connectivity index (χ2n) is 3.53. The van der Waals surface area contributed by atoms with Gasteiger partial charge in [-0.2, -0.15) is 0 Å². The number of amides is 1. The number of carbonyl (C=O) groups excluding carboxylic acids is 2. The molecule has 0 aliphatic heterocycles. The molecule has 0 bridgehead atoms. The molecule has 0 aliphatic carbocycles. The van der Waals surface area contributed by atoms with Crippen LogP contribution < -0.4 is 40.0 Å². The first-order valence-corrected chi connectivity index (χ1v) is 8.81. The first-order valence-electron chi connectivity index (χ1n) is 4.95.